The highest BCUT2D eigenvalue weighted by atomic mass is 16.2. The van der Waals surface area contributed by atoms with Crippen LogP contribution >= 0.6 is 0 Å². The summed E-state index contributed by atoms with van der Waals surface area (Å²) in [6, 6.07) is 15.5. The summed E-state index contributed by atoms with van der Waals surface area (Å²) in [5.74, 6) is -0.196. The zero-order valence-corrected chi connectivity index (χ0v) is 15.7. The number of carbonyl (C=O) groups is 1. The predicted molar refractivity (Wildman–Crippen MR) is 107 cm³/mol. The number of hydrogen-bond acceptors (Lipinski definition) is 5. The molecule has 1 N–H and O–H groups in total. The summed E-state index contributed by atoms with van der Waals surface area (Å²) in [4.78, 5) is 21.7. The molecule has 7 heteroatoms. The Morgan fingerprint density at radius 3 is 2.57 bits per heavy atom. The van der Waals surface area contributed by atoms with Crippen LogP contribution in [0, 0.1) is 0 Å². The van der Waals surface area contributed by atoms with Gasteiger partial charge in [-0.25, -0.2) is 14.7 Å². The summed E-state index contributed by atoms with van der Waals surface area (Å²) in [6.07, 6.45) is 5.20. The molecule has 1 amide bonds. The zero-order chi connectivity index (χ0) is 19.5. The second-order valence-corrected chi connectivity index (χ2v) is 6.65. The first-order chi connectivity index (χ1) is 13.6. The summed E-state index contributed by atoms with van der Waals surface area (Å²) in [5.41, 5.74) is 6.75. The number of fused-ring (bicyclic) bond motifs is 1. The summed E-state index contributed by atoms with van der Waals surface area (Å²) in [7, 11) is 3.56. The molecular formula is C21H20N6O. The maximum atomic E-state index is 12.8. The van der Waals surface area contributed by atoms with Crippen molar-refractivity contribution < 1.29 is 4.79 Å². The van der Waals surface area contributed by atoms with E-state index in [0.717, 1.165) is 16.8 Å². The zero-order valence-electron chi connectivity index (χ0n) is 15.7. The number of amides is 1. The highest BCUT2D eigenvalue weighted by molar-refractivity contribution is 6.06. The van der Waals surface area contributed by atoms with Crippen molar-refractivity contribution in [3.63, 3.8) is 0 Å². The van der Waals surface area contributed by atoms with E-state index in [2.05, 4.69) is 15.5 Å². The first-order valence-electron chi connectivity index (χ1n) is 8.91. The molecule has 0 saturated carbocycles. The van der Waals surface area contributed by atoms with Crippen molar-refractivity contribution in [2.75, 3.05) is 14.1 Å². The lowest BCUT2D eigenvalue weighted by Crippen LogP contribution is -2.36. The van der Waals surface area contributed by atoms with Crippen molar-refractivity contribution in [3.05, 3.63) is 78.2 Å². The van der Waals surface area contributed by atoms with Crippen molar-refractivity contribution in [1.29, 1.82) is 0 Å². The van der Waals surface area contributed by atoms with Gasteiger partial charge in [-0.15, -0.1) is 0 Å². The Morgan fingerprint density at radius 1 is 1.11 bits per heavy atom. The smallest absolute Gasteiger partial charge is 0.266 e. The summed E-state index contributed by atoms with van der Waals surface area (Å²) >= 11 is 0. The van der Waals surface area contributed by atoms with Gasteiger partial charge in [-0.05, 0) is 23.8 Å². The molecule has 3 heterocycles. The highest BCUT2D eigenvalue weighted by Gasteiger charge is 2.18. The molecule has 0 aliphatic carbocycles. The number of rotatable bonds is 5. The van der Waals surface area contributed by atoms with E-state index >= 15 is 0 Å². The van der Waals surface area contributed by atoms with Crippen LogP contribution in [0.4, 0.5) is 0 Å². The third kappa shape index (κ3) is 3.60. The van der Waals surface area contributed by atoms with Gasteiger partial charge in [0.15, 0.2) is 5.65 Å². The van der Waals surface area contributed by atoms with E-state index in [1.165, 1.54) is 0 Å². The molecule has 3 aromatic heterocycles. The van der Waals surface area contributed by atoms with E-state index < -0.39 is 0 Å². The van der Waals surface area contributed by atoms with Crippen molar-refractivity contribution in [2.45, 2.75) is 6.54 Å². The van der Waals surface area contributed by atoms with Gasteiger partial charge in [0, 0.05) is 32.1 Å². The molecule has 4 aromatic rings. The number of benzene rings is 1. The SMILES string of the molecule is CN(C)NC(=O)c1cc(-c2ccccc2)nc2c1cnn2Cc1ccncc1. The van der Waals surface area contributed by atoms with Crippen LogP contribution in [-0.4, -0.2) is 44.8 Å². The van der Waals surface area contributed by atoms with Crippen LogP contribution in [0.1, 0.15) is 15.9 Å². The molecule has 0 saturated heterocycles. The predicted octanol–water partition coefficient (Wildman–Crippen LogP) is 2.75. The third-order valence-corrected chi connectivity index (χ3v) is 4.33. The van der Waals surface area contributed by atoms with Gasteiger partial charge in [-0.3, -0.25) is 15.2 Å². The Hall–Kier alpha value is -3.58. The topological polar surface area (TPSA) is 75.9 Å². The lowest BCUT2D eigenvalue weighted by molar-refractivity contribution is 0.0858. The highest BCUT2D eigenvalue weighted by Crippen LogP contribution is 2.25. The second-order valence-electron chi connectivity index (χ2n) is 6.65. The summed E-state index contributed by atoms with van der Waals surface area (Å²) in [6.45, 7) is 0.548. The fraction of sp³-hybridized carbons (Fsp3) is 0.143. The van der Waals surface area contributed by atoms with E-state index in [1.807, 2.05) is 53.2 Å². The fourth-order valence-corrected chi connectivity index (χ4v) is 3.03. The van der Waals surface area contributed by atoms with Gasteiger partial charge >= 0.3 is 0 Å². The molecule has 28 heavy (non-hydrogen) atoms. The Morgan fingerprint density at radius 2 is 1.86 bits per heavy atom. The fourth-order valence-electron chi connectivity index (χ4n) is 3.03. The van der Waals surface area contributed by atoms with Crippen LogP contribution < -0.4 is 5.43 Å². The number of pyridine rings is 2. The van der Waals surface area contributed by atoms with Gasteiger partial charge in [0.25, 0.3) is 5.91 Å². The lowest BCUT2D eigenvalue weighted by Gasteiger charge is -2.13. The molecule has 0 aliphatic heterocycles. The van der Waals surface area contributed by atoms with Gasteiger partial charge in [0.05, 0.1) is 29.4 Å². The molecule has 4 rings (SSSR count). The van der Waals surface area contributed by atoms with Gasteiger partial charge in [0.1, 0.15) is 0 Å². The molecular weight excluding hydrogens is 352 g/mol. The number of hydrogen-bond donors (Lipinski definition) is 1. The van der Waals surface area contributed by atoms with Gasteiger partial charge in [-0.2, -0.15) is 5.10 Å². The quantitative estimate of drug-likeness (QED) is 0.545. The van der Waals surface area contributed by atoms with Crippen molar-refractivity contribution in [1.82, 2.24) is 30.2 Å². The standard InChI is InChI=1S/C21H20N6O/c1-26(2)25-21(28)17-12-19(16-6-4-3-5-7-16)24-20-18(17)13-23-27(20)14-15-8-10-22-11-9-15/h3-13H,14H2,1-2H3,(H,25,28). The van der Waals surface area contributed by atoms with E-state index in [0.29, 0.717) is 23.1 Å². The average Bonchev–Trinajstić information content (AvgIpc) is 3.11. The van der Waals surface area contributed by atoms with Crippen molar-refractivity contribution in [3.8, 4) is 11.3 Å². The van der Waals surface area contributed by atoms with Gasteiger partial charge in [-0.1, -0.05) is 30.3 Å². The second kappa shape index (κ2) is 7.58. The summed E-state index contributed by atoms with van der Waals surface area (Å²) < 4.78 is 1.81. The minimum atomic E-state index is -0.196. The van der Waals surface area contributed by atoms with Crippen LogP contribution in [0.5, 0.6) is 0 Å². The largest absolute Gasteiger partial charge is 0.285 e. The number of hydrazine groups is 1. The molecule has 140 valence electrons. The van der Waals surface area contributed by atoms with Gasteiger partial charge in [0.2, 0.25) is 0 Å². The first-order valence-corrected chi connectivity index (χ1v) is 8.91. The number of aromatic nitrogens is 4. The molecule has 0 aliphatic rings. The molecule has 7 nitrogen and oxygen atoms in total. The van der Waals surface area contributed by atoms with Crippen LogP contribution in [0.25, 0.3) is 22.3 Å². The normalized spacial score (nSPS) is 11.1. The maximum Gasteiger partial charge on any atom is 0.266 e. The van der Waals surface area contributed by atoms with Crippen molar-refractivity contribution in [2.24, 2.45) is 0 Å². The number of nitrogens with zero attached hydrogens (tertiary/aromatic N) is 5. The summed E-state index contributed by atoms with van der Waals surface area (Å²) in [5, 5.41) is 6.83. The molecule has 0 spiro atoms. The van der Waals surface area contributed by atoms with Crippen LogP contribution in [0.3, 0.4) is 0 Å². The molecule has 0 unspecified atom stereocenters. The molecule has 1 aromatic carbocycles. The Labute approximate surface area is 162 Å². The molecule has 0 atom stereocenters. The molecule has 0 radical (unpaired) electrons. The number of nitrogens with one attached hydrogen (secondary N) is 1. The maximum absolute atomic E-state index is 12.8. The average molecular weight is 372 g/mol. The van der Waals surface area contributed by atoms with Crippen LogP contribution in [0.2, 0.25) is 0 Å². The first kappa shape index (κ1) is 17.8. The number of carbonyl (C=O) groups excluding carboxylic acids is 1. The lowest BCUT2D eigenvalue weighted by atomic mass is 10.1. The Balaban J connectivity index is 1.86. The minimum absolute atomic E-state index is 0.196. The van der Waals surface area contributed by atoms with Gasteiger partial charge < -0.3 is 0 Å². The van der Waals surface area contributed by atoms with E-state index in [1.54, 1.807) is 37.7 Å². The Kier molecular flexibility index (Phi) is 4.82. The monoisotopic (exact) mass is 372 g/mol. The van der Waals surface area contributed by atoms with Crippen LogP contribution in [-0.2, 0) is 6.54 Å². The Bertz CT molecular complexity index is 1110. The van der Waals surface area contributed by atoms with E-state index in [-0.39, 0.29) is 5.91 Å². The third-order valence-electron chi connectivity index (χ3n) is 4.33. The molecule has 0 fully saturated rings. The van der Waals surface area contributed by atoms with E-state index in [4.69, 9.17) is 4.98 Å². The molecule has 0 bridgehead atoms. The van der Waals surface area contributed by atoms with E-state index in [9.17, 15) is 4.79 Å². The van der Waals surface area contributed by atoms with Crippen molar-refractivity contribution >= 4 is 16.9 Å². The minimum Gasteiger partial charge on any atom is -0.285 e. The van der Waals surface area contributed by atoms with Crippen LogP contribution in [0.15, 0.2) is 67.1 Å².